The highest BCUT2D eigenvalue weighted by Gasteiger charge is 2.12. The minimum atomic E-state index is -2.57. The van der Waals surface area contributed by atoms with Gasteiger partial charge in [0.05, 0.1) is 6.33 Å². The molecule has 0 radical (unpaired) electrons. The Morgan fingerprint density at radius 2 is 2.27 bits per heavy atom. The smallest absolute Gasteiger partial charge is 0.272 e. The lowest BCUT2D eigenvalue weighted by molar-refractivity contribution is 0.0803. The molecule has 0 aliphatic carbocycles. The van der Waals surface area contributed by atoms with E-state index in [9.17, 15) is 8.78 Å². The van der Waals surface area contributed by atoms with E-state index in [4.69, 9.17) is 16.3 Å². The largest absolute Gasteiger partial charge is 0.470 e. The number of hydrogen-bond acceptors (Lipinski definition) is 4. The monoisotopic (exact) mass is 234 g/mol. The molecule has 0 unspecified atom stereocenters. The first-order valence-corrected chi connectivity index (χ1v) is 4.32. The number of rotatable bonds is 3. The van der Waals surface area contributed by atoms with Crippen LogP contribution in [0.15, 0.2) is 6.33 Å². The zero-order valence-corrected chi connectivity index (χ0v) is 8.00. The fourth-order valence-corrected chi connectivity index (χ4v) is 1.18. The molecule has 0 saturated carbocycles. The maximum absolute atomic E-state index is 11.9. The SMILES string of the molecule is FC(F)COc1nc(Cl)nc2nc[nH]c12. The normalized spacial score (nSPS) is 11.2. The first-order chi connectivity index (χ1) is 7.16. The molecule has 15 heavy (non-hydrogen) atoms. The molecule has 8 heteroatoms. The predicted molar refractivity (Wildman–Crippen MR) is 48.2 cm³/mol. The highest BCUT2D eigenvalue weighted by molar-refractivity contribution is 6.28. The molecule has 2 aromatic heterocycles. The van der Waals surface area contributed by atoms with Gasteiger partial charge in [-0.2, -0.15) is 9.97 Å². The van der Waals surface area contributed by atoms with E-state index in [2.05, 4.69) is 19.9 Å². The van der Waals surface area contributed by atoms with Gasteiger partial charge in [-0.3, -0.25) is 0 Å². The summed E-state index contributed by atoms with van der Waals surface area (Å²) in [6.45, 7) is -0.749. The van der Waals surface area contributed by atoms with Gasteiger partial charge in [-0.15, -0.1) is 0 Å². The Hall–Kier alpha value is -1.50. The van der Waals surface area contributed by atoms with Crippen LogP contribution in [-0.4, -0.2) is 33.0 Å². The third-order valence-electron chi connectivity index (χ3n) is 1.57. The van der Waals surface area contributed by atoms with Crippen LogP contribution in [0.1, 0.15) is 0 Å². The number of hydrogen-bond donors (Lipinski definition) is 1. The molecule has 0 atom stereocenters. The Kier molecular flexibility index (Phi) is 2.63. The molecule has 2 heterocycles. The molecule has 0 amide bonds. The summed E-state index contributed by atoms with van der Waals surface area (Å²) in [5.41, 5.74) is 0.624. The van der Waals surface area contributed by atoms with Gasteiger partial charge in [0.15, 0.2) is 12.3 Å². The minimum Gasteiger partial charge on any atom is -0.470 e. The fraction of sp³-hybridized carbons (Fsp3) is 0.286. The van der Waals surface area contributed by atoms with E-state index in [1.807, 2.05) is 0 Å². The van der Waals surface area contributed by atoms with E-state index < -0.39 is 13.0 Å². The van der Waals surface area contributed by atoms with E-state index >= 15 is 0 Å². The van der Waals surface area contributed by atoms with E-state index in [0.29, 0.717) is 5.52 Å². The summed E-state index contributed by atoms with van der Waals surface area (Å²) in [4.78, 5) is 13.9. The van der Waals surface area contributed by atoms with Crippen LogP contribution < -0.4 is 4.74 Å². The number of nitrogens with zero attached hydrogens (tertiary/aromatic N) is 3. The Bertz CT molecular complexity index is 475. The van der Waals surface area contributed by atoms with Crippen LogP contribution in [0.25, 0.3) is 11.2 Å². The lowest BCUT2D eigenvalue weighted by Crippen LogP contribution is -2.08. The molecule has 1 N–H and O–H groups in total. The third kappa shape index (κ3) is 2.12. The van der Waals surface area contributed by atoms with Crippen LogP contribution in [0, 0.1) is 0 Å². The average Bonchev–Trinajstić information content (AvgIpc) is 2.61. The highest BCUT2D eigenvalue weighted by atomic mass is 35.5. The van der Waals surface area contributed by atoms with Gasteiger partial charge < -0.3 is 9.72 Å². The van der Waals surface area contributed by atoms with Crippen LogP contribution in [0.4, 0.5) is 8.78 Å². The molecule has 0 fully saturated rings. The molecule has 0 aliphatic heterocycles. The summed E-state index contributed by atoms with van der Waals surface area (Å²) in [7, 11) is 0. The summed E-state index contributed by atoms with van der Waals surface area (Å²) in [6.07, 6.45) is -1.22. The van der Waals surface area contributed by atoms with Crippen molar-refractivity contribution >= 4 is 22.8 Å². The molecular weight excluding hydrogens is 230 g/mol. The summed E-state index contributed by atoms with van der Waals surface area (Å²) in [5.74, 6) is -0.0252. The fourth-order valence-electron chi connectivity index (χ4n) is 1.03. The summed E-state index contributed by atoms with van der Waals surface area (Å²) >= 11 is 5.55. The second-order valence-corrected chi connectivity index (χ2v) is 2.94. The van der Waals surface area contributed by atoms with Crippen molar-refractivity contribution in [2.75, 3.05) is 6.61 Å². The topological polar surface area (TPSA) is 63.7 Å². The van der Waals surface area contributed by atoms with Gasteiger partial charge in [-0.25, -0.2) is 13.8 Å². The number of ether oxygens (including phenoxy) is 1. The first kappa shape index (κ1) is 10.0. The number of nitrogens with one attached hydrogen (secondary N) is 1. The zero-order chi connectivity index (χ0) is 10.8. The van der Waals surface area contributed by atoms with Crippen molar-refractivity contribution in [2.24, 2.45) is 0 Å². The number of halogens is 3. The lowest BCUT2D eigenvalue weighted by atomic mass is 10.5. The van der Waals surface area contributed by atoms with Crippen LogP contribution in [-0.2, 0) is 0 Å². The van der Waals surface area contributed by atoms with Crippen molar-refractivity contribution < 1.29 is 13.5 Å². The van der Waals surface area contributed by atoms with Crippen LogP contribution in [0.5, 0.6) is 5.88 Å². The van der Waals surface area contributed by atoms with Crippen molar-refractivity contribution in [1.29, 1.82) is 0 Å². The number of H-pyrrole nitrogens is 1. The van der Waals surface area contributed by atoms with E-state index in [1.54, 1.807) is 0 Å². The van der Waals surface area contributed by atoms with Crippen molar-refractivity contribution in [3.8, 4) is 5.88 Å². The second kappa shape index (κ2) is 3.93. The van der Waals surface area contributed by atoms with Crippen molar-refractivity contribution in [1.82, 2.24) is 19.9 Å². The Balaban J connectivity index is 2.35. The highest BCUT2D eigenvalue weighted by Crippen LogP contribution is 2.20. The molecule has 5 nitrogen and oxygen atoms in total. The molecule has 2 rings (SSSR count). The van der Waals surface area contributed by atoms with Crippen molar-refractivity contribution in [2.45, 2.75) is 6.43 Å². The van der Waals surface area contributed by atoms with E-state index in [0.717, 1.165) is 0 Å². The summed E-state index contributed by atoms with van der Waals surface area (Å²) in [5, 5.41) is -0.0983. The Labute approximate surface area is 87.5 Å². The molecule has 2 aromatic rings. The Morgan fingerprint density at radius 3 is 3.00 bits per heavy atom. The molecule has 80 valence electrons. The number of aromatic amines is 1. The third-order valence-corrected chi connectivity index (χ3v) is 1.74. The van der Waals surface area contributed by atoms with Gasteiger partial charge in [0.1, 0.15) is 5.52 Å². The lowest BCUT2D eigenvalue weighted by Gasteiger charge is -2.04. The summed E-state index contributed by atoms with van der Waals surface area (Å²) < 4.78 is 28.6. The van der Waals surface area contributed by atoms with Crippen molar-refractivity contribution in [3.63, 3.8) is 0 Å². The second-order valence-electron chi connectivity index (χ2n) is 2.60. The number of fused-ring (bicyclic) bond motifs is 1. The zero-order valence-electron chi connectivity index (χ0n) is 7.25. The van der Waals surface area contributed by atoms with Gasteiger partial charge in [0.2, 0.25) is 11.2 Å². The standard InChI is InChI=1S/C7H5ClF2N4O/c8-7-13-5-4(11-2-12-5)6(14-7)15-1-3(9)10/h2-3H,1H2,(H,11,12,13,14). The number of alkyl halides is 2. The van der Waals surface area contributed by atoms with Crippen molar-refractivity contribution in [3.05, 3.63) is 11.6 Å². The minimum absolute atomic E-state index is 0.0252. The molecule has 0 bridgehead atoms. The maximum atomic E-state index is 11.9. The predicted octanol–water partition coefficient (Wildman–Crippen LogP) is 1.65. The van der Waals surface area contributed by atoms with E-state index in [-0.39, 0.29) is 16.8 Å². The molecular formula is C7H5ClF2N4O. The first-order valence-electron chi connectivity index (χ1n) is 3.94. The molecule has 0 aromatic carbocycles. The maximum Gasteiger partial charge on any atom is 0.272 e. The van der Waals surface area contributed by atoms with Crippen LogP contribution >= 0.6 is 11.6 Å². The molecule has 0 aliphatic rings. The Morgan fingerprint density at radius 1 is 1.47 bits per heavy atom. The van der Waals surface area contributed by atoms with Gasteiger partial charge in [0, 0.05) is 0 Å². The quantitative estimate of drug-likeness (QED) is 0.821. The average molecular weight is 235 g/mol. The van der Waals surface area contributed by atoms with Gasteiger partial charge in [-0.1, -0.05) is 0 Å². The van der Waals surface area contributed by atoms with Crippen LogP contribution in [0.2, 0.25) is 5.28 Å². The van der Waals surface area contributed by atoms with E-state index in [1.165, 1.54) is 6.33 Å². The number of imidazole rings is 1. The van der Waals surface area contributed by atoms with Crippen LogP contribution in [0.3, 0.4) is 0 Å². The number of aromatic nitrogens is 4. The van der Waals surface area contributed by atoms with Gasteiger partial charge in [-0.05, 0) is 11.6 Å². The van der Waals surface area contributed by atoms with Gasteiger partial charge >= 0.3 is 0 Å². The molecule has 0 spiro atoms. The summed E-state index contributed by atoms with van der Waals surface area (Å²) in [6, 6.07) is 0. The van der Waals surface area contributed by atoms with Gasteiger partial charge in [0.25, 0.3) is 6.43 Å². The molecule has 0 saturated heterocycles.